The van der Waals surface area contributed by atoms with Gasteiger partial charge in [-0.3, -0.25) is 9.78 Å². The number of hydrogen-bond donors (Lipinski definition) is 3. The summed E-state index contributed by atoms with van der Waals surface area (Å²) < 4.78 is 29.8. The number of carbonyl (C=O) groups is 2. The molecule has 0 unspecified atom stereocenters. The normalized spacial score (nSPS) is 12.6. The summed E-state index contributed by atoms with van der Waals surface area (Å²) in [6.45, 7) is 3.88. The van der Waals surface area contributed by atoms with Crippen molar-refractivity contribution in [1.82, 2.24) is 14.9 Å². The van der Waals surface area contributed by atoms with E-state index in [1.807, 2.05) is 13.8 Å². The number of aliphatic hydroxyl groups excluding tert-OH is 2. The van der Waals surface area contributed by atoms with E-state index in [4.69, 9.17) is 0 Å². The molecular formula is C33H32F2N3NaO5. The largest absolute Gasteiger partial charge is 1.00 e. The fourth-order valence-corrected chi connectivity index (χ4v) is 4.93. The predicted molar refractivity (Wildman–Crippen MR) is 156 cm³/mol. The number of pyridine rings is 1. The van der Waals surface area contributed by atoms with Crippen molar-refractivity contribution in [2.24, 2.45) is 0 Å². The molecule has 2 aromatic carbocycles. The van der Waals surface area contributed by atoms with Crippen molar-refractivity contribution >= 4 is 18.0 Å². The summed E-state index contributed by atoms with van der Waals surface area (Å²) in [6, 6.07) is 16.4. The smallest absolute Gasteiger partial charge is 0.550 e. The Bertz CT molecular complexity index is 1590. The molecule has 1 amide bonds. The van der Waals surface area contributed by atoms with Crippen molar-refractivity contribution in [3.8, 4) is 22.3 Å². The van der Waals surface area contributed by atoms with Crippen LogP contribution in [0.25, 0.3) is 28.3 Å². The maximum absolute atomic E-state index is 14.0. The monoisotopic (exact) mass is 611 g/mol. The van der Waals surface area contributed by atoms with Crippen LogP contribution in [-0.2, 0) is 11.3 Å². The average molecular weight is 612 g/mol. The van der Waals surface area contributed by atoms with Crippen LogP contribution in [0.1, 0.15) is 54.6 Å². The van der Waals surface area contributed by atoms with Crippen LogP contribution in [0.5, 0.6) is 0 Å². The van der Waals surface area contributed by atoms with Gasteiger partial charge in [0.1, 0.15) is 17.3 Å². The number of benzene rings is 2. The van der Waals surface area contributed by atoms with Gasteiger partial charge in [-0.05, 0) is 67.4 Å². The van der Waals surface area contributed by atoms with E-state index in [1.165, 1.54) is 30.3 Å². The summed E-state index contributed by atoms with van der Waals surface area (Å²) in [4.78, 5) is 29.1. The third kappa shape index (κ3) is 8.71. The molecule has 44 heavy (non-hydrogen) atoms. The summed E-state index contributed by atoms with van der Waals surface area (Å²) in [7, 11) is 0. The molecule has 8 nitrogen and oxygen atoms in total. The number of nitrogens with one attached hydrogen (secondary N) is 1. The van der Waals surface area contributed by atoms with Gasteiger partial charge in [0, 0.05) is 47.9 Å². The number of carboxylic acids is 1. The van der Waals surface area contributed by atoms with Crippen molar-refractivity contribution in [3.05, 3.63) is 108 Å². The molecule has 2 heterocycles. The average Bonchev–Trinajstić information content (AvgIpc) is 3.31. The van der Waals surface area contributed by atoms with E-state index >= 15 is 0 Å². The molecule has 4 aromatic rings. The van der Waals surface area contributed by atoms with Crippen molar-refractivity contribution < 1.29 is 63.2 Å². The fraction of sp³-hybridized carbons (Fsp3) is 0.242. The number of aromatic nitrogens is 2. The van der Waals surface area contributed by atoms with Gasteiger partial charge in [0.05, 0.1) is 24.4 Å². The molecule has 2 aromatic heterocycles. The van der Waals surface area contributed by atoms with Crippen LogP contribution in [-0.4, -0.2) is 43.8 Å². The zero-order valence-electron chi connectivity index (χ0n) is 24.7. The van der Waals surface area contributed by atoms with E-state index in [9.17, 15) is 33.7 Å². The van der Waals surface area contributed by atoms with Crippen molar-refractivity contribution in [3.63, 3.8) is 0 Å². The molecule has 3 N–H and O–H groups in total. The number of rotatable bonds is 12. The number of carboxylic acid groups (broad SMARTS) is 1. The number of nitrogens with zero attached hydrogens (tertiary/aromatic N) is 2. The molecule has 224 valence electrons. The van der Waals surface area contributed by atoms with E-state index in [2.05, 4.69) is 10.3 Å². The van der Waals surface area contributed by atoms with Gasteiger partial charge in [0.2, 0.25) is 0 Å². The van der Waals surface area contributed by atoms with Crippen molar-refractivity contribution in [1.29, 1.82) is 0 Å². The minimum absolute atomic E-state index is 0. The zero-order chi connectivity index (χ0) is 31.1. The first-order valence-electron chi connectivity index (χ1n) is 13.8. The molecule has 11 heteroatoms. The number of aliphatic hydroxyl groups is 2. The maximum Gasteiger partial charge on any atom is 1.00 e. The summed E-state index contributed by atoms with van der Waals surface area (Å²) in [5, 5.41) is 34.4. The number of carbonyl (C=O) groups excluding carboxylic acids is 2. The molecule has 0 saturated heterocycles. The minimum Gasteiger partial charge on any atom is -0.550 e. The van der Waals surface area contributed by atoms with E-state index in [0.717, 1.165) is 0 Å². The molecule has 4 rings (SSSR count). The molecule has 0 aliphatic carbocycles. The van der Waals surface area contributed by atoms with Gasteiger partial charge >= 0.3 is 29.6 Å². The molecule has 0 aliphatic rings. The molecule has 0 spiro atoms. The first-order chi connectivity index (χ1) is 20.5. The fourth-order valence-electron chi connectivity index (χ4n) is 4.93. The predicted octanol–water partition coefficient (Wildman–Crippen LogP) is 1.28. The van der Waals surface area contributed by atoms with Crippen molar-refractivity contribution in [2.75, 3.05) is 0 Å². The second-order valence-electron chi connectivity index (χ2n) is 10.4. The van der Waals surface area contributed by atoms with Crippen LogP contribution in [0.2, 0.25) is 0 Å². The number of hydrogen-bond acceptors (Lipinski definition) is 6. The molecule has 2 atom stereocenters. The number of aliphatic carboxylic acids is 1. The number of halogens is 2. The Morgan fingerprint density at radius 2 is 1.55 bits per heavy atom. The molecule has 0 bridgehead atoms. The Kier molecular flexibility index (Phi) is 12.6. The second kappa shape index (κ2) is 15.9. The molecule has 0 saturated carbocycles. The summed E-state index contributed by atoms with van der Waals surface area (Å²) in [5.41, 5.74) is 3.46. The van der Waals surface area contributed by atoms with Gasteiger partial charge in [0.15, 0.2) is 0 Å². The van der Waals surface area contributed by atoms with Crippen LogP contribution in [0.4, 0.5) is 8.78 Å². The molecule has 0 aliphatic heterocycles. The standard InChI is InChI=1S/C33H33F2N3O5.Na/c1-20(2)38-28(15-14-26(39)17-27(40)18-29(41)42)30(21-6-10-23(34)11-7-21)31(22-8-12-24(35)13-9-22)32(38)33(43)37-19-25-5-3-4-16-36-25;/h3-16,20,26-27,39-40H,17-19H2,1-2H3,(H,37,43)(H,41,42);/q;+1/p-1/b15-14+;/t26-,27-;/m1./s1. The van der Waals surface area contributed by atoms with E-state index in [1.54, 1.807) is 59.3 Å². The first-order valence-corrected chi connectivity index (χ1v) is 13.8. The summed E-state index contributed by atoms with van der Waals surface area (Å²) in [6.07, 6.45) is 1.13. The van der Waals surface area contributed by atoms with Gasteiger partial charge in [-0.25, -0.2) is 8.78 Å². The Morgan fingerprint density at radius 1 is 0.955 bits per heavy atom. The van der Waals surface area contributed by atoms with Gasteiger partial charge in [-0.1, -0.05) is 36.4 Å². The SMILES string of the molecule is CC(C)n1c(/C=C/[C@@H](O)C[C@@H](O)CC(=O)[O-])c(-c2ccc(F)cc2)c(-c2ccc(F)cc2)c1C(=O)NCc1ccccn1.[Na+]. The Hall–Kier alpha value is -3.67. The third-order valence-electron chi connectivity index (χ3n) is 6.79. The van der Waals surface area contributed by atoms with Gasteiger partial charge in [-0.15, -0.1) is 0 Å². The molecular weight excluding hydrogens is 579 g/mol. The molecule has 0 fully saturated rings. The van der Waals surface area contributed by atoms with Crippen molar-refractivity contribution in [2.45, 2.75) is 51.5 Å². The minimum atomic E-state index is -1.44. The van der Waals surface area contributed by atoms with Gasteiger partial charge in [0.25, 0.3) is 5.91 Å². The van der Waals surface area contributed by atoms with E-state index in [0.29, 0.717) is 33.6 Å². The van der Waals surface area contributed by atoms with Gasteiger partial charge in [-0.2, -0.15) is 0 Å². The van der Waals surface area contributed by atoms with Gasteiger partial charge < -0.3 is 30.0 Å². The van der Waals surface area contributed by atoms with Crippen LogP contribution < -0.4 is 40.0 Å². The van der Waals surface area contributed by atoms with Crippen LogP contribution in [0.15, 0.2) is 79.0 Å². The van der Waals surface area contributed by atoms with E-state index < -0.39 is 42.1 Å². The third-order valence-corrected chi connectivity index (χ3v) is 6.79. The first kappa shape index (κ1) is 34.8. The van der Waals surface area contributed by atoms with Crippen LogP contribution in [0, 0.1) is 11.6 Å². The summed E-state index contributed by atoms with van der Waals surface area (Å²) >= 11 is 0. The Balaban J connectivity index is 0.00000529. The molecule has 0 radical (unpaired) electrons. The van der Waals surface area contributed by atoms with E-state index in [-0.39, 0.29) is 54.3 Å². The zero-order valence-corrected chi connectivity index (χ0v) is 26.7. The summed E-state index contributed by atoms with van der Waals surface area (Å²) in [5.74, 6) is -2.80. The van der Waals surface area contributed by atoms with Crippen LogP contribution in [0.3, 0.4) is 0 Å². The van der Waals surface area contributed by atoms with Crippen LogP contribution >= 0.6 is 0 Å². The quantitative estimate of drug-likeness (QED) is 0.207. The number of amides is 1. The Morgan fingerprint density at radius 3 is 2.07 bits per heavy atom. The second-order valence-corrected chi connectivity index (χ2v) is 10.4. The Labute approximate surface area is 276 Å². The topological polar surface area (TPSA) is 128 Å². The maximum atomic E-state index is 14.0.